The summed E-state index contributed by atoms with van der Waals surface area (Å²) in [6, 6.07) is 0.733. The summed E-state index contributed by atoms with van der Waals surface area (Å²) in [6.07, 6.45) is 2.64. The van der Waals surface area contributed by atoms with E-state index in [0.29, 0.717) is 12.5 Å². The molecular weight excluding hydrogens is 496 g/mol. The third kappa shape index (κ3) is 8.91. The average Bonchev–Trinajstić information content (AvgIpc) is 3.34. The number of Topliss-reactive ketones (excluding diaryl/α,β-unsaturated/α-hetero) is 2. The summed E-state index contributed by atoms with van der Waals surface area (Å²) in [5.74, 6) is -3.21. The molecule has 1 aliphatic rings. The van der Waals surface area contributed by atoms with Crippen molar-refractivity contribution in [3.8, 4) is 0 Å². The fraction of sp³-hybridized carbons (Fsp3) is 0.560. The summed E-state index contributed by atoms with van der Waals surface area (Å²) in [7, 11) is 1.29. The predicted molar refractivity (Wildman–Crippen MR) is 138 cm³/mol. The number of hydrogen-bond acceptors (Lipinski definition) is 8. The van der Waals surface area contributed by atoms with E-state index in [1.165, 1.54) is 25.4 Å². The number of carbonyl (C=O) groups excluding carboxylic acids is 6. The minimum absolute atomic E-state index is 0.0266. The van der Waals surface area contributed by atoms with E-state index in [2.05, 4.69) is 26.6 Å². The maximum Gasteiger partial charge on any atom is 0.287 e. The first-order valence-corrected chi connectivity index (χ1v) is 12.7. The van der Waals surface area contributed by atoms with Gasteiger partial charge in [0.05, 0.1) is 12.6 Å². The SMILES string of the molecule is CCC(CC)CNC(=O)Cn1cccc(NC(=O)[C@H](CCC(=O)C(=O)NC)NC(=O)C2CC(=O)CN2)c1=O. The van der Waals surface area contributed by atoms with Gasteiger partial charge in [-0.15, -0.1) is 0 Å². The monoisotopic (exact) mass is 532 g/mol. The fourth-order valence-electron chi connectivity index (χ4n) is 3.89. The summed E-state index contributed by atoms with van der Waals surface area (Å²) < 4.78 is 1.15. The van der Waals surface area contributed by atoms with Crippen LogP contribution in [0.2, 0.25) is 0 Å². The van der Waals surface area contributed by atoms with Gasteiger partial charge in [0.1, 0.15) is 24.1 Å². The number of anilines is 1. The molecule has 5 N–H and O–H groups in total. The van der Waals surface area contributed by atoms with E-state index in [-0.39, 0.29) is 49.7 Å². The van der Waals surface area contributed by atoms with Crippen molar-refractivity contribution in [2.24, 2.45) is 5.92 Å². The number of amides is 4. The number of likely N-dealkylation sites (N-methyl/N-ethyl adjacent to an activating group) is 1. The first kappa shape index (κ1) is 30.4. The van der Waals surface area contributed by atoms with Gasteiger partial charge in [0.2, 0.25) is 23.5 Å². The largest absolute Gasteiger partial charge is 0.354 e. The number of pyridine rings is 1. The van der Waals surface area contributed by atoms with Crippen LogP contribution in [0.25, 0.3) is 0 Å². The van der Waals surface area contributed by atoms with Crippen LogP contribution in [0.5, 0.6) is 0 Å². The Morgan fingerprint density at radius 1 is 1.13 bits per heavy atom. The van der Waals surface area contributed by atoms with Crippen molar-refractivity contribution >= 4 is 40.9 Å². The van der Waals surface area contributed by atoms with Crippen molar-refractivity contribution in [1.82, 2.24) is 25.8 Å². The van der Waals surface area contributed by atoms with Crippen molar-refractivity contribution in [2.45, 2.75) is 64.6 Å². The number of nitrogens with one attached hydrogen (secondary N) is 5. The molecule has 4 amide bonds. The second-order valence-corrected chi connectivity index (χ2v) is 9.11. The highest BCUT2D eigenvalue weighted by Gasteiger charge is 2.31. The van der Waals surface area contributed by atoms with E-state index in [1.54, 1.807) is 0 Å². The lowest BCUT2D eigenvalue weighted by atomic mass is 10.0. The summed E-state index contributed by atoms with van der Waals surface area (Å²) in [5, 5.41) is 12.7. The zero-order valence-electron chi connectivity index (χ0n) is 21.9. The Morgan fingerprint density at radius 2 is 1.84 bits per heavy atom. The molecule has 2 atom stereocenters. The molecule has 13 heteroatoms. The normalized spacial score (nSPS) is 15.6. The van der Waals surface area contributed by atoms with E-state index < -0.39 is 41.1 Å². The molecule has 2 rings (SSSR count). The van der Waals surface area contributed by atoms with Crippen molar-refractivity contribution in [1.29, 1.82) is 0 Å². The van der Waals surface area contributed by atoms with Crippen LogP contribution in [0, 0.1) is 5.92 Å². The molecule has 0 saturated carbocycles. The van der Waals surface area contributed by atoms with Crippen LogP contribution in [0.4, 0.5) is 5.69 Å². The van der Waals surface area contributed by atoms with Gasteiger partial charge < -0.3 is 25.8 Å². The van der Waals surface area contributed by atoms with Gasteiger partial charge in [-0.25, -0.2) is 0 Å². The molecule has 0 aromatic carbocycles. The summed E-state index contributed by atoms with van der Waals surface area (Å²) in [4.78, 5) is 86.0. The van der Waals surface area contributed by atoms with Gasteiger partial charge in [-0.3, -0.25) is 38.9 Å². The Bertz CT molecular complexity index is 1110. The van der Waals surface area contributed by atoms with E-state index in [0.717, 1.165) is 17.4 Å². The molecule has 1 fully saturated rings. The van der Waals surface area contributed by atoms with Crippen LogP contribution >= 0.6 is 0 Å². The highest BCUT2D eigenvalue weighted by atomic mass is 16.2. The maximum absolute atomic E-state index is 13.1. The van der Waals surface area contributed by atoms with Gasteiger partial charge in [-0.2, -0.15) is 0 Å². The van der Waals surface area contributed by atoms with Crippen molar-refractivity contribution < 1.29 is 28.8 Å². The molecule has 0 radical (unpaired) electrons. The Hall–Kier alpha value is -3.87. The zero-order valence-corrected chi connectivity index (χ0v) is 21.9. The molecule has 208 valence electrons. The lowest BCUT2D eigenvalue weighted by molar-refractivity contribution is -0.138. The predicted octanol–water partition coefficient (Wildman–Crippen LogP) is -1.15. The molecule has 0 aliphatic carbocycles. The molecular formula is C25H36N6O7. The maximum atomic E-state index is 13.1. The molecule has 2 heterocycles. The number of nitrogens with zero attached hydrogens (tertiary/aromatic N) is 1. The van der Waals surface area contributed by atoms with Gasteiger partial charge in [-0.05, 0) is 24.5 Å². The Morgan fingerprint density at radius 3 is 2.45 bits per heavy atom. The van der Waals surface area contributed by atoms with E-state index >= 15 is 0 Å². The van der Waals surface area contributed by atoms with Crippen molar-refractivity contribution in [3.63, 3.8) is 0 Å². The van der Waals surface area contributed by atoms with Gasteiger partial charge in [-0.1, -0.05) is 26.7 Å². The lowest BCUT2D eigenvalue weighted by Gasteiger charge is -2.20. The summed E-state index contributed by atoms with van der Waals surface area (Å²) in [5.41, 5.74) is -0.760. The Labute approximate surface area is 220 Å². The fourth-order valence-corrected chi connectivity index (χ4v) is 3.89. The highest BCUT2D eigenvalue weighted by molar-refractivity contribution is 6.36. The van der Waals surface area contributed by atoms with Crippen LogP contribution in [0.3, 0.4) is 0 Å². The molecule has 1 aromatic rings. The first-order valence-electron chi connectivity index (χ1n) is 12.7. The van der Waals surface area contributed by atoms with Gasteiger partial charge >= 0.3 is 0 Å². The molecule has 13 nitrogen and oxygen atoms in total. The first-order chi connectivity index (χ1) is 18.1. The molecule has 38 heavy (non-hydrogen) atoms. The van der Waals surface area contributed by atoms with E-state index in [1.807, 2.05) is 13.8 Å². The Kier molecular flexibility index (Phi) is 11.8. The summed E-state index contributed by atoms with van der Waals surface area (Å²) >= 11 is 0. The number of aromatic nitrogens is 1. The van der Waals surface area contributed by atoms with Crippen molar-refractivity contribution in [3.05, 3.63) is 28.7 Å². The molecule has 1 aromatic heterocycles. The number of hydrogen-bond donors (Lipinski definition) is 5. The van der Waals surface area contributed by atoms with Crippen LogP contribution in [0.1, 0.15) is 46.0 Å². The molecule has 1 saturated heterocycles. The molecule has 0 bridgehead atoms. The average molecular weight is 533 g/mol. The van der Waals surface area contributed by atoms with Gasteiger partial charge in [0.25, 0.3) is 11.5 Å². The van der Waals surface area contributed by atoms with E-state index in [4.69, 9.17) is 0 Å². The Balaban J connectivity index is 2.12. The smallest absolute Gasteiger partial charge is 0.287 e. The van der Waals surface area contributed by atoms with Crippen molar-refractivity contribution in [2.75, 3.05) is 25.5 Å². The van der Waals surface area contributed by atoms with Crippen LogP contribution in [0.15, 0.2) is 23.1 Å². The van der Waals surface area contributed by atoms with Gasteiger partial charge in [0.15, 0.2) is 0 Å². The third-order valence-electron chi connectivity index (χ3n) is 6.40. The van der Waals surface area contributed by atoms with Crippen LogP contribution < -0.4 is 32.1 Å². The molecule has 0 spiro atoms. The number of carbonyl (C=O) groups is 6. The lowest BCUT2D eigenvalue weighted by Crippen LogP contribution is -2.50. The van der Waals surface area contributed by atoms with Crippen LogP contribution in [-0.2, 0) is 35.3 Å². The summed E-state index contributed by atoms with van der Waals surface area (Å²) in [6.45, 7) is 4.34. The number of ketones is 2. The second kappa shape index (κ2) is 14.8. The minimum Gasteiger partial charge on any atom is -0.354 e. The molecule has 1 aliphatic heterocycles. The second-order valence-electron chi connectivity index (χ2n) is 9.11. The van der Waals surface area contributed by atoms with Gasteiger partial charge in [0, 0.05) is 32.6 Å². The molecule has 1 unspecified atom stereocenters. The zero-order chi connectivity index (χ0) is 28.2. The highest BCUT2D eigenvalue weighted by Crippen LogP contribution is 2.08. The van der Waals surface area contributed by atoms with Crippen LogP contribution in [-0.4, -0.2) is 72.0 Å². The third-order valence-corrected chi connectivity index (χ3v) is 6.40. The minimum atomic E-state index is -1.27. The van der Waals surface area contributed by atoms with E-state index in [9.17, 15) is 33.6 Å². The number of rotatable bonds is 14. The topological polar surface area (TPSA) is 185 Å². The quantitative estimate of drug-likeness (QED) is 0.186. The standard InChI is InChI=1S/C25H36N6O7/c1-4-15(5-2)12-28-21(34)14-31-10-6-7-18(25(31)38)30-22(35)17(8-9-20(33)24(37)26-3)29-23(36)19-11-16(32)13-27-19/h6-7,10,15,17,19,27H,4-5,8-9,11-14H2,1-3H3,(H,26,37)(H,28,34)(H,29,36)(H,30,35)/t17-,19?/m0/s1.